The van der Waals surface area contributed by atoms with Gasteiger partial charge in [-0.3, -0.25) is 4.79 Å². The van der Waals surface area contributed by atoms with Gasteiger partial charge in [0.15, 0.2) is 17.3 Å². The van der Waals surface area contributed by atoms with E-state index < -0.39 is 11.7 Å². The lowest BCUT2D eigenvalue weighted by Gasteiger charge is -2.32. The third-order valence-corrected chi connectivity index (χ3v) is 4.97. The molecule has 0 saturated carbocycles. The standard InChI is InChI=1S/C23H24O6/c1-23(2)10-9-17-19(29-23)8-6-16-18(24)11-15(28-22(16)17)13-27-14-5-7-20(25-3)21(12-14)26-4/h5-10,12,15H,11,13H2,1-4H3/t15-/m0/s1. The molecule has 2 aromatic carbocycles. The number of ketones is 1. The van der Waals surface area contributed by atoms with Gasteiger partial charge in [0.05, 0.1) is 31.8 Å². The molecule has 0 amide bonds. The lowest BCUT2D eigenvalue weighted by atomic mass is 9.94. The van der Waals surface area contributed by atoms with Crippen LogP contribution in [0, 0.1) is 0 Å². The molecule has 152 valence electrons. The molecule has 29 heavy (non-hydrogen) atoms. The summed E-state index contributed by atoms with van der Waals surface area (Å²) in [4.78, 5) is 12.7. The number of carbonyl (C=O) groups is 1. The summed E-state index contributed by atoms with van der Waals surface area (Å²) >= 11 is 0. The fourth-order valence-electron chi connectivity index (χ4n) is 3.49. The molecular weight excluding hydrogens is 372 g/mol. The van der Waals surface area contributed by atoms with Gasteiger partial charge in [0.25, 0.3) is 0 Å². The van der Waals surface area contributed by atoms with Crippen LogP contribution in [0.4, 0.5) is 0 Å². The van der Waals surface area contributed by atoms with Gasteiger partial charge in [0.2, 0.25) is 0 Å². The summed E-state index contributed by atoms with van der Waals surface area (Å²) in [5, 5.41) is 0. The molecule has 4 rings (SSSR count). The summed E-state index contributed by atoms with van der Waals surface area (Å²) in [5.41, 5.74) is 0.987. The molecule has 0 aromatic heterocycles. The van der Waals surface area contributed by atoms with Crippen molar-refractivity contribution in [2.75, 3.05) is 20.8 Å². The van der Waals surface area contributed by atoms with Crippen molar-refractivity contribution >= 4 is 11.9 Å². The highest BCUT2D eigenvalue weighted by molar-refractivity contribution is 6.01. The Balaban J connectivity index is 1.53. The van der Waals surface area contributed by atoms with E-state index >= 15 is 0 Å². The normalized spacial score (nSPS) is 18.8. The SMILES string of the molecule is COc1ccc(OC[C@@H]2CC(=O)c3ccc4c(c3O2)C=CC(C)(C)O4)cc1OC. The smallest absolute Gasteiger partial charge is 0.170 e. The van der Waals surface area contributed by atoms with Crippen molar-refractivity contribution < 1.29 is 28.5 Å². The molecule has 6 heteroatoms. The first-order valence-electron chi connectivity index (χ1n) is 9.50. The third-order valence-electron chi connectivity index (χ3n) is 4.97. The van der Waals surface area contributed by atoms with E-state index in [-0.39, 0.29) is 18.8 Å². The number of Topliss-reactive ketones (excluding diaryl/α,β-unsaturated/α-hetero) is 1. The Labute approximate surface area is 170 Å². The van der Waals surface area contributed by atoms with Crippen molar-refractivity contribution in [3.63, 3.8) is 0 Å². The van der Waals surface area contributed by atoms with Gasteiger partial charge in [-0.2, -0.15) is 0 Å². The number of carbonyl (C=O) groups excluding carboxylic acids is 1. The molecule has 1 atom stereocenters. The van der Waals surface area contributed by atoms with Crippen LogP contribution in [0.3, 0.4) is 0 Å². The number of ether oxygens (including phenoxy) is 5. The van der Waals surface area contributed by atoms with Crippen LogP contribution >= 0.6 is 0 Å². The van der Waals surface area contributed by atoms with Crippen molar-refractivity contribution in [1.82, 2.24) is 0 Å². The topological polar surface area (TPSA) is 63.2 Å². The maximum atomic E-state index is 12.7. The molecule has 2 aliphatic rings. The quantitative estimate of drug-likeness (QED) is 0.751. The van der Waals surface area contributed by atoms with Crippen molar-refractivity contribution in [2.45, 2.75) is 32.0 Å². The Kier molecular flexibility index (Phi) is 4.86. The zero-order chi connectivity index (χ0) is 20.6. The van der Waals surface area contributed by atoms with Gasteiger partial charge in [-0.05, 0) is 50.3 Å². The number of hydrogen-bond donors (Lipinski definition) is 0. The number of hydrogen-bond acceptors (Lipinski definition) is 6. The van der Waals surface area contributed by atoms with Crippen LogP contribution in [0.25, 0.3) is 6.08 Å². The lowest BCUT2D eigenvalue weighted by molar-refractivity contribution is 0.0737. The molecule has 0 aliphatic carbocycles. The highest BCUT2D eigenvalue weighted by Gasteiger charge is 2.32. The fraction of sp³-hybridized carbons (Fsp3) is 0.348. The Morgan fingerprint density at radius 1 is 1.10 bits per heavy atom. The van der Waals surface area contributed by atoms with Crippen LogP contribution in [-0.2, 0) is 0 Å². The summed E-state index contributed by atoms with van der Waals surface area (Å²) in [6.07, 6.45) is 3.79. The van der Waals surface area contributed by atoms with Crippen LogP contribution in [0.1, 0.15) is 36.2 Å². The van der Waals surface area contributed by atoms with Gasteiger partial charge in [-0.1, -0.05) is 0 Å². The Bertz CT molecular complexity index is 976. The van der Waals surface area contributed by atoms with Gasteiger partial charge in [0.1, 0.15) is 35.6 Å². The molecular formula is C23H24O6. The first kappa shape index (κ1) is 19.2. The lowest BCUT2D eigenvalue weighted by Crippen LogP contribution is -2.33. The van der Waals surface area contributed by atoms with E-state index in [0.717, 1.165) is 5.56 Å². The van der Waals surface area contributed by atoms with Crippen LogP contribution in [0.15, 0.2) is 36.4 Å². The number of rotatable bonds is 5. The number of benzene rings is 2. The molecule has 0 saturated heterocycles. The van der Waals surface area contributed by atoms with Crippen molar-refractivity contribution in [2.24, 2.45) is 0 Å². The van der Waals surface area contributed by atoms with Crippen molar-refractivity contribution in [1.29, 1.82) is 0 Å². The second-order valence-electron chi connectivity index (χ2n) is 7.59. The van der Waals surface area contributed by atoms with E-state index in [1.165, 1.54) is 0 Å². The monoisotopic (exact) mass is 396 g/mol. The zero-order valence-electron chi connectivity index (χ0n) is 17.0. The third kappa shape index (κ3) is 3.75. The summed E-state index contributed by atoms with van der Waals surface area (Å²) in [6.45, 7) is 4.20. The second kappa shape index (κ2) is 7.35. The first-order valence-corrected chi connectivity index (χ1v) is 9.50. The summed E-state index contributed by atoms with van der Waals surface area (Å²) in [5.74, 6) is 3.13. The Morgan fingerprint density at radius 3 is 2.66 bits per heavy atom. The van der Waals surface area contributed by atoms with E-state index in [9.17, 15) is 4.79 Å². The molecule has 0 bridgehead atoms. The maximum absolute atomic E-state index is 12.7. The minimum Gasteiger partial charge on any atom is -0.493 e. The molecule has 6 nitrogen and oxygen atoms in total. The molecule has 2 heterocycles. The van der Waals surface area contributed by atoms with Crippen molar-refractivity contribution in [3.8, 4) is 28.7 Å². The molecule has 0 unspecified atom stereocenters. The van der Waals surface area contributed by atoms with Crippen LogP contribution in [0.5, 0.6) is 28.7 Å². The molecule has 0 fully saturated rings. The largest absolute Gasteiger partial charge is 0.493 e. The predicted molar refractivity (Wildman–Crippen MR) is 109 cm³/mol. The maximum Gasteiger partial charge on any atom is 0.170 e. The molecule has 0 spiro atoms. The van der Waals surface area contributed by atoms with Crippen LogP contribution in [-0.4, -0.2) is 38.3 Å². The van der Waals surface area contributed by atoms with Crippen LogP contribution in [0.2, 0.25) is 0 Å². The second-order valence-corrected chi connectivity index (χ2v) is 7.59. The minimum atomic E-state index is -0.393. The van der Waals surface area contributed by atoms with Gasteiger partial charge < -0.3 is 23.7 Å². The number of fused-ring (bicyclic) bond motifs is 3. The Morgan fingerprint density at radius 2 is 1.90 bits per heavy atom. The number of methoxy groups -OCH3 is 2. The molecule has 0 radical (unpaired) electrons. The minimum absolute atomic E-state index is 0.0354. The van der Waals surface area contributed by atoms with E-state index in [1.54, 1.807) is 38.5 Å². The van der Waals surface area contributed by atoms with Gasteiger partial charge in [-0.25, -0.2) is 0 Å². The van der Waals surface area contributed by atoms with Crippen molar-refractivity contribution in [3.05, 3.63) is 47.5 Å². The fourth-order valence-corrected chi connectivity index (χ4v) is 3.49. The van der Waals surface area contributed by atoms with E-state index in [2.05, 4.69) is 0 Å². The summed E-state index contributed by atoms with van der Waals surface area (Å²) < 4.78 is 28.6. The average Bonchev–Trinajstić information content (AvgIpc) is 2.70. The highest BCUT2D eigenvalue weighted by atomic mass is 16.5. The Hall–Kier alpha value is -3.15. The van der Waals surface area contributed by atoms with Crippen LogP contribution < -0.4 is 23.7 Å². The van der Waals surface area contributed by atoms with E-state index in [4.69, 9.17) is 23.7 Å². The highest BCUT2D eigenvalue weighted by Crippen LogP contribution is 2.42. The first-order chi connectivity index (χ1) is 13.9. The summed E-state index contributed by atoms with van der Waals surface area (Å²) in [7, 11) is 3.15. The van der Waals surface area contributed by atoms with Gasteiger partial charge in [0, 0.05) is 6.07 Å². The van der Waals surface area contributed by atoms with Gasteiger partial charge >= 0.3 is 0 Å². The molecule has 2 aliphatic heterocycles. The van der Waals surface area contributed by atoms with Gasteiger partial charge in [-0.15, -0.1) is 0 Å². The predicted octanol–water partition coefficient (Wildman–Crippen LogP) is 4.30. The molecule has 0 N–H and O–H groups in total. The zero-order valence-corrected chi connectivity index (χ0v) is 17.0. The average molecular weight is 396 g/mol. The summed E-state index contributed by atoms with van der Waals surface area (Å²) in [6, 6.07) is 8.92. The van der Waals surface area contributed by atoms with E-state index in [0.29, 0.717) is 34.3 Å². The van der Waals surface area contributed by atoms with E-state index in [1.807, 2.05) is 32.1 Å². The molecule has 2 aromatic rings.